The molecule has 8 heteroatoms. The second-order valence-corrected chi connectivity index (χ2v) is 8.19. The number of amides is 1. The van der Waals surface area contributed by atoms with Gasteiger partial charge in [-0.3, -0.25) is 4.79 Å². The quantitative estimate of drug-likeness (QED) is 0.500. The molecule has 1 aliphatic carbocycles. The largest absolute Gasteiger partial charge is 0.416 e. The Hall–Kier alpha value is -2.74. The van der Waals surface area contributed by atoms with Gasteiger partial charge < -0.3 is 5.32 Å². The van der Waals surface area contributed by atoms with Crippen LogP contribution in [0.4, 0.5) is 17.6 Å². The predicted octanol–water partition coefficient (Wildman–Crippen LogP) is 5.78. The first-order valence-electron chi connectivity index (χ1n) is 9.46. The van der Waals surface area contributed by atoms with E-state index in [1.165, 1.54) is 29.5 Å². The van der Waals surface area contributed by atoms with Crippen LogP contribution in [0.25, 0.3) is 10.6 Å². The molecule has 4 rings (SSSR count). The summed E-state index contributed by atoms with van der Waals surface area (Å²) in [4.78, 5) is 16.9. The van der Waals surface area contributed by atoms with Crippen molar-refractivity contribution in [1.29, 1.82) is 0 Å². The standard InChI is InChI=1S/C22H18F4N2OS/c23-17-8-6-14(7-9-17)20(13-4-5-13)28-19(29)11-18-12-30-21(27-18)15-2-1-3-16(10-15)22(24,25)26/h1-3,6-10,12-13,20H,4-5,11H2,(H,28,29). The van der Waals surface area contributed by atoms with Gasteiger partial charge in [0.1, 0.15) is 10.8 Å². The molecule has 1 fully saturated rings. The zero-order valence-electron chi connectivity index (χ0n) is 15.7. The highest BCUT2D eigenvalue weighted by Gasteiger charge is 2.33. The van der Waals surface area contributed by atoms with Gasteiger partial charge in [0.05, 0.1) is 23.7 Å². The van der Waals surface area contributed by atoms with Gasteiger partial charge >= 0.3 is 6.18 Å². The van der Waals surface area contributed by atoms with Gasteiger partial charge in [-0.15, -0.1) is 11.3 Å². The van der Waals surface area contributed by atoms with E-state index in [2.05, 4.69) is 10.3 Å². The van der Waals surface area contributed by atoms with Gasteiger partial charge in [-0.05, 0) is 48.6 Å². The summed E-state index contributed by atoms with van der Waals surface area (Å²) < 4.78 is 52.0. The zero-order chi connectivity index (χ0) is 21.3. The Morgan fingerprint density at radius 2 is 1.90 bits per heavy atom. The van der Waals surface area contributed by atoms with Crippen molar-refractivity contribution in [2.75, 3.05) is 0 Å². The summed E-state index contributed by atoms with van der Waals surface area (Å²) >= 11 is 1.20. The third-order valence-corrected chi connectivity index (χ3v) is 5.91. The van der Waals surface area contributed by atoms with E-state index in [-0.39, 0.29) is 24.2 Å². The Kier molecular flexibility index (Phi) is 5.60. The van der Waals surface area contributed by atoms with Gasteiger partial charge in [0.15, 0.2) is 0 Å². The lowest BCUT2D eigenvalue weighted by molar-refractivity contribution is -0.137. The van der Waals surface area contributed by atoms with Gasteiger partial charge in [0, 0.05) is 10.9 Å². The van der Waals surface area contributed by atoms with E-state index < -0.39 is 11.7 Å². The lowest BCUT2D eigenvalue weighted by Crippen LogP contribution is -2.31. The predicted molar refractivity (Wildman–Crippen MR) is 106 cm³/mol. The van der Waals surface area contributed by atoms with Gasteiger partial charge in [0.2, 0.25) is 5.91 Å². The first-order chi connectivity index (χ1) is 14.3. The third-order valence-electron chi connectivity index (χ3n) is 4.97. The van der Waals surface area contributed by atoms with Crippen LogP contribution in [0.3, 0.4) is 0 Å². The topological polar surface area (TPSA) is 42.0 Å². The molecule has 1 saturated carbocycles. The zero-order valence-corrected chi connectivity index (χ0v) is 16.6. The van der Waals surface area contributed by atoms with Crippen LogP contribution < -0.4 is 5.32 Å². The van der Waals surface area contributed by atoms with Crippen molar-refractivity contribution in [3.05, 3.63) is 76.5 Å². The molecule has 0 spiro atoms. The van der Waals surface area contributed by atoms with Gasteiger partial charge in [-0.25, -0.2) is 9.37 Å². The molecule has 1 aromatic heterocycles. The molecule has 1 atom stereocenters. The van der Waals surface area contributed by atoms with Crippen molar-refractivity contribution in [3.8, 4) is 10.6 Å². The number of carbonyl (C=O) groups is 1. The normalized spacial score (nSPS) is 15.1. The van der Waals surface area contributed by atoms with Crippen LogP contribution in [0, 0.1) is 11.7 Å². The Bertz CT molecular complexity index is 1040. The van der Waals surface area contributed by atoms with Crippen molar-refractivity contribution in [2.24, 2.45) is 5.92 Å². The number of benzene rings is 2. The van der Waals surface area contributed by atoms with Crippen LogP contribution in [0.1, 0.15) is 35.7 Å². The molecule has 3 aromatic rings. The number of rotatable bonds is 6. The van der Waals surface area contributed by atoms with Crippen molar-refractivity contribution in [2.45, 2.75) is 31.5 Å². The summed E-state index contributed by atoms with van der Waals surface area (Å²) in [5.41, 5.74) is 0.985. The third kappa shape index (κ3) is 4.87. The highest BCUT2D eigenvalue weighted by molar-refractivity contribution is 7.13. The SMILES string of the molecule is O=C(Cc1csc(-c2cccc(C(F)(F)F)c2)n1)NC(c1ccc(F)cc1)C1CC1. The molecule has 3 nitrogen and oxygen atoms in total. The van der Waals surface area contributed by atoms with Crippen LogP contribution in [0.2, 0.25) is 0 Å². The van der Waals surface area contributed by atoms with Crippen LogP contribution in [0.15, 0.2) is 53.9 Å². The lowest BCUT2D eigenvalue weighted by atomic mass is 10.0. The molecule has 1 N–H and O–H groups in total. The Balaban J connectivity index is 1.44. The van der Waals surface area contributed by atoms with Crippen LogP contribution >= 0.6 is 11.3 Å². The van der Waals surface area contributed by atoms with Crippen LogP contribution in [0.5, 0.6) is 0 Å². The highest BCUT2D eigenvalue weighted by Crippen LogP contribution is 2.41. The summed E-state index contributed by atoms with van der Waals surface area (Å²) in [7, 11) is 0. The van der Waals surface area contributed by atoms with Crippen LogP contribution in [-0.2, 0) is 17.4 Å². The van der Waals surface area contributed by atoms with E-state index in [1.54, 1.807) is 23.6 Å². The molecule has 0 radical (unpaired) electrons. The molecule has 1 unspecified atom stereocenters. The maximum absolute atomic E-state index is 13.2. The van der Waals surface area contributed by atoms with E-state index in [0.717, 1.165) is 30.5 Å². The van der Waals surface area contributed by atoms with E-state index in [9.17, 15) is 22.4 Å². The first kappa shape index (κ1) is 20.5. The number of halogens is 4. The Morgan fingerprint density at radius 3 is 2.57 bits per heavy atom. The smallest absolute Gasteiger partial charge is 0.349 e. The monoisotopic (exact) mass is 434 g/mol. The number of aromatic nitrogens is 1. The number of thiazole rings is 1. The minimum Gasteiger partial charge on any atom is -0.349 e. The maximum Gasteiger partial charge on any atom is 0.416 e. The average Bonchev–Trinajstić information content (AvgIpc) is 3.45. The number of hydrogen-bond donors (Lipinski definition) is 1. The fraction of sp³-hybridized carbons (Fsp3) is 0.273. The summed E-state index contributed by atoms with van der Waals surface area (Å²) in [5.74, 6) is -0.225. The van der Waals surface area contributed by atoms with Crippen LogP contribution in [-0.4, -0.2) is 10.9 Å². The van der Waals surface area contributed by atoms with Crippen molar-refractivity contribution < 1.29 is 22.4 Å². The second kappa shape index (κ2) is 8.18. The Labute approximate surface area is 174 Å². The molecular weight excluding hydrogens is 416 g/mol. The van der Waals surface area contributed by atoms with Crippen molar-refractivity contribution in [1.82, 2.24) is 10.3 Å². The van der Waals surface area contributed by atoms with Gasteiger partial charge in [0.25, 0.3) is 0 Å². The second-order valence-electron chi connectivity index (χ2n) is 7.33. The molecule has 30 heavy (non-hydrogen) atoms. The summed E-state index contributed by atoms with van der Waals surface area (Å²) in [5, 5.41) is 5.11. The minimum atomic E-state index is -4.42. The molecule has 0 aliphatic heterocycles. The first-order valence-corrected chi connectivity index (χ1v) is 10.3. The van der Waals surface area contributed by atoms with E-state index in [1.807, 2.05) is 0 Å². The number of nitrogens with zero attached hydrogens (tertiary/aromatic N) is 1. The van der Waals surface area contributed by atoms with E-state index in [0.29, 0.717) is 22.2 Å². The Morgan fingerprint density at radius 1 is 1.17 bits per heavy atom. The fourth-order valence-electron chi connectivity index (χ4n) is 3.31. The maximum atomic E-state index is 13.2. The lowest BCUT2D eigenvalue weighted by Gasteiger charge is -2.18. The molecule has 1 heterocycles. The molecule has 1 aliphatic rings. The number of alkyl halides is 3. The van der Waals surface area contributed by atoms with Gasteiger partial charge in [-0.1, -0.05) is 24.3 Å². The molecule has 156 valence electrons. The molecule has 1 amide bonds. The summed E-state index contributed by atoms with van der Waals surface area (Å²) in [6.45, 7) is 0. The number of carbonyl (C=O) groups excluding carboxylic acids is 1. The van der Waals surface area contributed by atoms with Crippen molar-refractivity contribution >= 4 is 17.2 Å². The summed E-state index contributed by atoms with van der Waals surface area (Å²) in [6.07, 6.45) is -2.40. The minimum absolute atomic E-state index is 0.0277. The molecule has 0 saturated heterocycles. The average molecular weight is 434 g/mol. The van der Waals surface area contributed by atoms with Gasteiger partial charge in [-0.2, -0.15) is 13.2 Å². The fourth-order valence-corrected chi connectivity index (χ4v) is 4.13. The number of hydrogen-bond acceptors (Lipinski definition) is 3. The molecular formula is C22H18F4N2OS. The highest BCUT2D eigenvalue weighted by atomic mass is 32.1. The molecule has 2 aromatic carbocycles. The van der Waals surface area contributed by atoms with Crippen molar-refractivity contribution in [3.63, 3.8) is 0 Å². The summed E-state index contributed by atoms with van der Waals surface area (Å²) in [6, 6.07) is 10.9. The van der Waals surface area contributed by atoms with E-state index in [4.69, 9.17) is 0 Å². The number of nitrogens with one attached hydrogen (secondary N) is 1. The molecule has 0 bridgehead atoms. The van der Waals surface area contributed by atoms with E-state index >= 15 is 0 Å².